The van der Waals surface area contributed by atoms with Gasteiger partial charge in [-0.1, -0.05) is 0 Å². The SMILES string of the molecule is COc1ccc(NCCC(C)(C)OC)cc1O. The zero-order valence-corrected chi connectivity index (χ0v) is 10.9. The number of hydrogen-bond acceptors (Lipinski definition) is 4. The highest BCUT2D eigenvalue weighted by atomic mass is 16.5. The van der Waals surface area contributed by atoms with Gasteiger partial charge >= 0.3 is 0 Å². The van der Waals surface area contributed by atoms with Crippen LogP contribution in [0.3, 0.4) is 0 Å². The van der Waals surface area contributed by atoms with Crippen LogP contribution in [0.5, 0.6) is 11.5 Å². The van der Waals surface area contributed by atoms with Gasteiger partial charge < -0.3 is 19.9 Å². The molecule has 0 aliphatic carbocycles. The van der Waals surface area contributed by atoms with Crippen molar-refractivity contribution in [3.8, 4) is 11.5 Å². The lowest BCUT2D eigenvalue weighted by molar-refractivity contribution is 0.0185. The maximum atomic E-state index is 9.61. The second-order valence-electron chi connectivity index (χ2n) is 4.53. The molecule has 17 heavy (non-hydrogen) atoms. The van der Waals surface area contributed by atoms with Crippen molar-refractivity contribution in [2.45, 2.75) is 25.9 Å². The maximum Gasteiger partial charge on any atom is 0.160 e. The van der Waals surface area contributed by atoms with Crippen LogP contribution in [0.1, 0.15) is 20.3 Å². The first-order chi connectivity index (χ1) is 7.98. The molecule has 0 heterocycles. The summed E-state index contributed by atoms with van der Waals surface area (Å²) in [5.41, 5.74) is 0.733. The van der Waals surface area contributed by atoms with Gasteiger partial charge in [-0.25, -0.2) is 0 Å². The Morgan fingerprint density at radius 1 is 1.29 bits per heavy atom. The van der Waals surface area contributed by atoms with Gasteiger partial charge in [-0.15, -0.1) is 0 Å². The second kappa shape index (κ2) is 5.77. The number of aromatic hydroxyl groups is 1. The van der Waals surface area contributed by atoms with E-state index in [0.717, 1.165) is 18.7 Å². The predicted molar refractivity (Wildman–Crippen MR) is 68.9 cm³/mol. The first-order valence-electron chi connectivity index (χ1n) is 5.64. The smallest absolute Gasteiger partial charge is 0.160 e. The molecule has 0 amide bonds. The largest absolute Gasteiger partial charge is 0.504 e. The lowest BCUT2D eigenvalue weighted by Gasteiger charge is -2.23. The molecule has 0 aliphatic rings. The van der Waals surface area contributed by atoms with E-state index in [9.17, 15) is 5.11 Å². The van der Waals surface area contributed by atoms with Crippen molar-refractivity contribution in [1.82, 2.24) is 0 Å². The third kappa shape index (κ3) is 4.15. The molecule has 4 heteroatoms. The molecule has 0 radical (unpaired) electrons. The standard InChI is InChI=1S/C13H21NO3/c1-13(2,17-4)7-8-14-10-5-6-12(16-3)11(15)9-10/h5-6,9,14-15H,7-8H2,1-4H3. The monoisotopic (exact) mass is 239 g/mol. The summed E-state index contributed by atoms with van der Waals surface area (Å²) in [5, 5.41) is 12.8. The molecule has 0 saturated heterocycles. The zero-order chi connectivity index (χ0) is 12.9. The van der Waals surface area contributed by atoms with Crippen molar-refractivity contribution in [3.05, 3.63) is 18.2 Å². The number of nitrogens with one attached hydrogen (secondary N) is 1. The summed E-state index contributed by atoms with van der Waals surface area (Å²) < 4.78 is 10.3. The molecule has 96 valence electrons. The van der Waals surface area contributed by atoms with Crippen LogP contribution in [0.25, 0.3) is 0 Å². The van der Waals surface area contributed by atoms with Crippen LogP contribution >= 0.6 is 0 Å². The van der Waals surface area contributed by atoms with Gasteiger partial charge in [-0.2, -0.15) is 0 Å². The van der Waals surface area contributed by atoms with Crippen molar-refractivity contribution in [2.75, 3.05) is 26.1 Å². The Balaban J connectivity index is 2.50. The van der Waals surface area contributed by atoms with Gasteiger partial charge in [0.25, 0.3) is 0 Å². The molecular weight excluding hydrogens is 218 g/mol. The summed E-state index contributed by atoms with van der Waals surface area (Å²) in [7, 11) is 3.24. The van der Waals surface area contributed by atoms with Gasteiger partial charge in [0.05, 0.1) is 12.7 Å². The number of anilines is 1. The molecule has 4 nitrogen and oxygen atoms in total. The quantitative estimate of drug-likeness (QED) is 0.801. The molecule has 1 aromatic rings. The number of ether oxygens (including phenoxy) is 2. The molecule has 0 spiro atoms. The Morgan fingerprint density at radius 2 is 2.00 bits per heavy atom. The Labute approximate surface area is 103 Å². The highest BCUT2D eigenvalue weighted by molar-refractivity contribution is 5.54. The van der Waals surface area contributed by atoms with Crippen molar-refractivity contribution in [2.24, 2.45) is 0 Å². The molecule has 0 saturated carbocycles. The van der Waals surface area contributed by atoms with Crippen LogP contribution in [0.4, 0.5) is 5.69 Å². The lowest BCUT2D eigenvalue weighted by atomic mass is 10.1. The number of phenols is 1. The minimum atomic E-state index is -0.137. The highest BCUT2D eigenvalue weighted by Crippen LogP contribution is 2.28. The summed E-state index contributed by atoms with van der Waals surface area (Å²) in [5.74, 6) is 0.622. The molecule has 0 fully saturated rings. The molecule has 2 N–H and O–H groups in total. The van der Waals surface area contributed by atoms with Gasteiger partial charge in [0.15, 0.2) is 11.5 Å². The van der Waals surface area contributed by atoms with Crippen molar-refractivity contribution < 1.29 is 14.6 Å². The summed E-state index contributed by atoms with van der Waals surface area (Å²) in [6, 6.07) is 5.26. The van der Waals surface area contributed by atoms with E-state index in [4.69, 9.17) is 9.47 Å². The average molecular weight is 239 g/mol. The Kier molecular flexibility index (Phi) is 4.63. The summed E-state index contributed by atoms with van der Waals surface area (Å²) in [6.07, 6.45) is 0.885. The molecule has 0 aromatic heterocycles. The maximum absolute atomic E-state index is 9.61. The van der Waals surface area contributed by atoms with E-state index in [1.54, 1.807) is 19.2 Å². The minimum Gasteiger partial charge on any atom is -0.504 e. The Morgan fingerprint density at radius 3 is 2.53 bits per heavy atom. The van der Waals surface area contributed by atoms with Gasteiger partial charge in [0.2, 0.25) is 0 Å². The molecule has 1 rings (SSSR count). The van der Waals surface area contributed by atoms with E-state index in [0.29, 0.717) is 5.75 Å². The molecule has 0 bridgehead atoms. The zero-order valence-electron chi connectivity index (χ0n) is 10.9. The first-order valence-corrected chi connectivity index (χ1v) is 5.64. The Bertz CT molecular complexity index is 364. The fraction of sp³-hybridized carbons (Fsp3) is 0.538. The number of methoxy groups -OCH3 is 2. The predicted octanol–water partition coefficient (Wildman–Crippen LogP) is 2.63. The van der Waals surface area contributed by atoms with E-state index >= 15 is 0 Å². The van der Waals surface area contributed by atoms with E-state index in [-0.39, 0.29) is 11.4 Å². The van der Waals surface area contributed by atoms with Crippen LogP contribution in [-0.2, 0) is 4.74 Å². The number of hydrogen-bond donors (Lipinski definition) is 2. The van der Waals surface area contributed by atoms with Gasteiger partial charge in [-0.05, 0) is 32.4 Å². The van der Waals surface area contributed by atoms with E-state index in [2.05, 4.69) is 5.32 Å². The van der Waals surface area contributed by atoms with Crippen molar-refractivity contribution in [3.63, 3.8) is 0 Å². The number of rotatable bonds is 6. The topological polar surface area (TPSA) is 50.7 Å². The summed E-state index contributed by atoms with van der Waals surface area (Å²) >= 11 is 0. The van der Waals surface area contributed by atoms with E-state index < -0.39 is 0 Å². The van der Waals surface area contributed by atoms with Gasteiger partial charge in [0, 0.05) is 25.4 Å². The van der Waals surface area contributed by atoms with Gasteiger partial charge in [0.1, 0.15) is 0 Å². The third-order valence-corrected chi connectivity index (χ3v) is 2.79. The summed E-state index contributed by atoms with van der Waals surface area (Å²) in [4.78, 5) is 0. The normalized spacial score (nSPS) is 11.3. The Hall–Kier alpha value is -1.42. The highest BCUT2D eigenvalue weighted by Gasteiger charge is 2.15. The molecular formula is C13H21NO3. The van der Waals surface area contributed by atoms with Gasteiger partial charge in [-0.3, -0.25) is 0 Å². The van der Waals surface area contributed by atoms with Crippen molar-refractivity contribution in [1.29, 1.82) is 0 Å². The summed E-state index contributed by atoms with van der Waals surface area (Å²) in [6.45, 7) is 4.87. The van der Waals surface area contributed by atoms with E-state index in [1.807, 2.05) is 19.9 Å². The average Bonchev–Trinajstić information content (AvgIpc) is 2.29. The molecule has 0 unspecified atom stereocenters. The van der Waals surface area contributed by atoms with Crippen LogP contribution in [-0.4, -0.2) is 31.5 Å². The van der Waals surface area contributed by atoms with Crippen molar-refractivity contribution >= 4 is 5.69 Å². The van der Waals surface area contributed by atoms with Crippen LogP contribution in [0, 0.1) is 0 Å². The first kappa shape index (κ1) is 13.6. The lowest BCUT2D eigenvalue weighted by Crippen LogP contribution is -2.25. The third-order valence-electron chi connectivity index (χ3n) is 2.79. The van der Waals surface area contributed by atoms with Crippen LogP contribution < -0.4 is 10.1 Å². The second-order valence-corrected chi connectivity index (χ2v) is 4.53. The minimum absolute atomic E-state index is 0.137. The molecule has 0 aliphatic heterocycles. The molecule has 1 aromatic carbocycles. The number of phenolic OH excluding ortho intramolecular Hbond substituents is 1. The van der Waals surface area contributed by atoms with Crippen LogP contribution in [0.15, 0.2) is 18.2 Å². The fourth-order valence-electron chi connectivity index (χ4n) is 1.41. The van der Waals surface area contributed by atoms with E-state index in [1.165, 1.54) is 7.11 Å². The molecule has 0 atom stereocenters. The number of benzene rings is 1. The van der Waals surface area contributed by atoms with Crippen LogP contribution in [0.2, 0.25) is 0 Å². The fourth-order valence-corrected chi connectivity index (χ4v) is 1.41.